The fourth-order valence-electron chi connectivity index (χ4n) is 0.865. The first-order valence-corrected chi connectivity index (χ1v) is 4.39. The van der Waals surface area contributed by atoms with Gasteiger partial charge in [-0.3, -0.25) is 0 Å². The van der Waals surface area contributed by atoms with Gasteiger partial charge in [-0.05, 0) is 24.1 Å². The lowest BCUT2D eigenvalue weighted by molar-refractivity contribution is 0.367. The number of phenols is 3. The number of rotatable bonds is 1. The van der Waals surface area contributed by atoms with Crippen LogP contribution < -0.4 is 0 Å². The molecule has 0 fully saturated rings. The molecule has 13 heavy (non-hydrogen) atoms. The van der Waals surface area contributed by atoms with Gasteiger partial charge in [0.2, 0.25) is 0 Å². The molecule has 0 spiro atoms. The summed E-state index contributed by atoms with van der Waals surface area (Å²) in [6.07, 6.45) is 0.710. The van der Waals surface area contributed by atoms with Gasteiger partial charge < -0.3 is 15.3 Å². The maximum atomic E-state index is 9.00. The van der Waals surface area contributed by atoms with Crippen LogP contribution in [0.2, 0.25) is 0 Å². The maximum Gasteiger partial charge on any atom is 0.200 e. The van der Waals surface area contributed by atoms with Crippen LogP contribution in [0.5, 0.6) is 17.2 Å². The van der Waals surface area contributed by atoms with Gasteiger partial charge in [-0.25, -0.2) is 0 Å². The topological polar surface area (TPSA) is 60.7 Å². The van der Waals surface area contributed by atoms with Crippen molar-refractivity contribution in [1.29, 1.82) is 0 Å². The summed E-state index contributed by atoms with van der Waals surface area (Å²) in [6.45, 7) is 5.89. The Hall–Kier alpha value is -1.38. The van der Waals surface area contributed by atoms with E-state index in [0.717, 1.165) is 5.56 Å². The largest absolute Gasteiger partial charge is 0.504 e. The molecule has 0 heterocycles. The van der Waals surface area contributed by atoms with Gasteiger partial charge in [0, 0.05) is 0 Å². The fourth-order valence-corrected chi connectivity index (χ4v) is 0.865. The molecule has 1 aromatic rings. The van der Waals surface area contributed by atoms with E-state index in [1.54, 1.807) is 0 Å². The molecule has 0 aromatic heterocycles. The van der Waals surface area contributed by atoms with Crippen molar-refractivity contribution >= 4 is 0 Å². The summed E-state index contributed by atoms with van der Waals surface area (Å²) in [6, 6.07) is 2.85. The molecule has 0 saturated carbocycles. The van der Waals surface area contributed by atoms with E-state index in [0.29, 0.717) is 6.42 Å². The molecule has 0 aliphatic heterocycles. The quantitative estimate of drug-likeness (QED) is 0.587. The third-order valence-corrected chi connectivity index (χ3v) is 1.54. The lowest BCUT2D eigenvalue weighted by atomic mass is 10.1. The van der Waals surface area contributed by atoms with E-state index < -0.39 is 5.75 Å². The zero-order valence-corrected chi connectivity index (χ0v) is 8.20. The number of aryl methyl sites for hydroxylation is 1. The highest BCUT2D eigenvalue weighted by Gasteiger charge is 2.05. The van der Waals surface area contributed by atoms with E-state index in [2.05, 4.69) is 0 Å². The Morgan fingerprint density at radius 2 is 1.38 bits per heavy atom. The Morgan fingerprint density at radius 1 is 1.00 bits per heavy atom. The van der Waals surface area contributed by atoms with Crippen molar-refractivity contribution in [3.05, 3.63) is 17.7 Å². The van der Waals surface area contributed by atoms with Crippen LogP contribution in [0.1, 0.15) is 26.3 Å². The second-order valence-electron chi connectivity index (χ2n) is 2.34. The predicted molar refractivity (Wildman–Crippen MR) is 52.2 cm³/mol. The van der Waals surface area contributed by atoms with Gasteiger partial charge in [0.25, 0.3) is 0 Å². The molecule has 1 aromatic carbocycles. The van der Waals surface area contributed by atoms with Crippen LogP contribution in [0.3, 0.4) is 0 Å². The van der Waals surface area contributed by atoms with E-state index in [4.69, 9.17) is 15.3 Å². The normalized spacial score (nSPS) is 8.85. The summed E-state index contributed by atoms with van der Waals surface area (Å²) < 4.78 is 0. The molecule has 0 saturated heterocycles. The minimum absolute atomic E-state index is 0.276. The van der Waals surface area contributed by atoms with Crippen molar-refractivity contribution < 1.29 is 15.3 Å². The Kier molecular flexibility index (Phi) is 4.74. The summed E-state index contributed by atoms with van der Waals surface area (Å²) in [4.78, 5) is 0. The molecule has 0 aliphatic rings. The van der Waals surface area contributed by atoms with Crippen molar-refractivity contribution in [2.75, 3.05) is 0 Å². The zero-order valence-electron chi connectivity index (χ0n) is 8.20. The average Bonchev–Trinajstić information content (AvgIpc) is 2.16. The van der Waals surface area contributed by atoms with Gasteiger partial charge in [0.15, 0.2) is 17.2 Å². The van der Waals surface area contributed by atoms with Crippen molar-refractivity contribution in [3.8, 4) is 17.2 Å². The molecule has 3 N–H and O–H groups in total. The maximum absolute atomic E-state index is 9.00. The molecular formula is C10H16O3. The molecule has 3 heteroatoms. The Morgan fingerprint density at radius 3 is 1.69 bits per heavy atom. The van der Waals surface area contributed by atoms with E-state index >= 15 is 0 Å². The number of hydrogen-bond acceptors (Lipinski definition) is 3. The molecule has 0 radical (unpaired) electrons. The van der Waals surface area contributed by atoms with Crippen LogP contribution >= 0.6 is 0 Å². The minimum atomic E-state index is -0.456. The highest BCUT2D eigenvalue weighted by molar-refractivity contribution is 5.50. The van der Waals surface area contributed by atoms with Crippen LogP contribution in [0.4, 0.5) is 0 Å². The molecule has 3 nitrogen and oxygen atoms in total. The van der Waals surface area contributed by atoms with Crippen molar-refractivity contribution in [2.45, 2.75) is 27.2 Å². The molecular weight excluding hydrogens is 168 g/mol. The number of hydrogen-bond donors (Lipinski definition) is 3. The molecule has 0 amide bonds. The summed E-state index contributed by atoms with van der Waals surface area (Å²) in [7, 11) is 0. The van der Waals surface area contributed by atoms with Gasteiger partial charge in [-0.2, -0.15) is 0 Å². The Balaban J connectivity index is 0.000000671. The summed E-state index contributed by atoms with van der Waals surface area (Å²) in [5.74, 6) is -1.01. The standard InChI is InChI=1S/C8H10O3.C2H6/c1-2-5-3-6(9)8(11)7(10)4-5;1-2/h3-4,9-11H,2H2,1H3;1-2H3. The average molecular weight is 184 g/mol. The summed E-state index contributed by atoms with van der Waals surface area (Å²) >= 11 is 0. The zero-order chi connectivity index (χ0) is 10.4. The van der Waals surface area contributed by atoms with Crippen LogP contribution in [-0.2, 0) is 6.42 Å². The molecule has 0 aliphatic carbocycles. The third-order valence-electron chi connectivity index (χ3n) is 1.54. The van der Waals surface area contributed by atoms with Crippen LogP contribution in [-0.4, -0.2) is 15.3 Å². The number of aromatic hydroxyl groups is 3. The molecule has 0 unspecified atom stereocenters. The predicted octanol–water partition coefficient (Wildman–Crippen LogP) is 2.39. The minimum Gasteiger partial charge on any atom is -0.504 e. The van der Waals surface area contributed by atoms with Gasteiger partial charge in [0.05, 0.1) is 0 Å². The Bertz CT molecular complexity index is 246. The lowest BCUT2D eigenvalue weighted by Crippen LogP contribution is -1.79. The monoisotopic (exact) mass is 184 g/mol. The highest BCUT2D eigenvalue weighted by Crippen LogP contribution is 2.35. The van der Waals surface area contributed by atoms with Crippen molar-refractivity contribution in [3.63, 3.8) is 0 Å². The van der Waals surface area contributed by atoms with Crippen molar-refractivity contribution in [2.24, 2.45) is 0 Å². The summed E-state index contributed by atoms with van der Waals surface area (Å²) in [5.41, 5.74) is 0.790. The lowest BCUT2D eigenvalue weighted by Gasteiger charge is -2.02. The molecule has 0 bridgehead atoms. The third kappa shape index (κ3) is 2.86. The van der Waals surface area contributed by atoms with E-state index in [-0.39, 0.29) is 11.5 Å². The first-order valence-electron chi connectivity index (χ1n) is 4.39. The van der Waals surface area contributed by atoms with E-state index in [9.17, 15) is 0 Å². The second kappa shape index (κ2) is 5.30. The Labute approximate surface area is 78.3 Å². The second-order valence-corrected chi connectivity index (χ2v) is 2.34. The molecule has 0 atom stereocenters. The molecule has 74 valence electrons. The van der Waals surface area contributed by atoms with Gasteiger partial charge in [-0.1, -0.05) is 20.8 Å². The smallest absolute Gasteiger partial charge is 0.200 e. The number of benzene rings is 1. The SMILES string of the molecule is CC.CCc1cc(O)c(O)c(O)c1. The van der Waals surface area contributed by atoms with Crippen LogP contribution in [0, 0.1) is 0 Å². The first kappa shape index (κ1) is 11.6. The van der Waals surface area contributed by atoms with Crippen LogP contribution in [0.25, 0.3) is 0 Å². The highest BCUT2D eigenvalue weighted by atomic mass is 16.3. The van der Waals surface area contributed by atoms with Gasteiger partial charge >= 0.3 is 0 Å². The fraction of sp³-hybridized carbons (Fsp3) is 0.400. The molecule has 1 rings (SSSR count). The van der Waals surface area contributed by atoms with E-state index in [1.807, 2.05) is 20.8 Å². The van der Waals surface area contributed by atoms with Crippen LogP contribution in [0.15, 0.2) is 12.1 Å². The van der Waals surface area contributed by atoms with Gasteiger partial charge in [0.1, 0.15) is 0 Å². The van der Waals surface area contributed by atoms with E-state index in [1.165, 1.54) is 12.1 Å². The summed E-state index contributed by atoms with van der Waals surface area (Å²) in [5, 5.41) is 26.9. The first-order chi connectivity index (χ1) is 6.15. The van der Waals surface area contributed by atoms with Crippen molar-refractivity contribution in [1.82, 2.24) is 0 Å². The van der Waals surface area contributed by atoms with Gasteiger partial charge in [-0.15, -0.1) is 0 Å². The number of phenolic OH excluding ortho intramolecular Hbond substituents is 3.